The lowest BCUT2D eigenvalue weighted by Crippen LogP contribution is -2.33. The van der Waals surface area contributed by atoms with Crippen molar-refractivity contribution < 1.29 is 14.6 Å². The molecule has 2 fully saturated rings. The van der Waals surface area contributed by atoms with E-state index >= 15 is 0 Å². The Hall–Kier alpha value is -0.380. The molecule has 1 aliphatic heterocycles. The van der Waals surface area contributed by atoms with Crippen LogP contribution in [0, 0.1) is 0 Å². The van der Waals surface area contributed by atoms with Gasteiger partial charge in [-0.05, 0) is 25.3 Å². The van der Waals surface area contributed by atoms with Crippen molar-refractivity contribution in [1.82, 2.24) is 0 Å². The van der Waals surface area contributed by atoms with Crippen LogP contribution in [0.4, 0.5) is 0 Å². The minimum absolute atomic E-state index is 0.185. The summed E-state index contributed by atoms with van der Waals surface area (Å²) in [6.45, 7) is 3.66. The standard InChI is InChI=1S/C11H18O3/c1-9(8-12)10-2-4-11(5-3-10)13-6-7-14-11/h12H,2-8H2,1H3. The summed E-state index contributed by atoms with van der Waals surface area (Å²) >= 11 is 0. The van der Waals surface area contributed by atoms with E-state index in [4.69, 9.17) is 14.6 Å². The average Bonchev–Trinajstić information content (AvgIpc) is 2.67. The van der Waals surface area contributed by atoms with Crippen molar-refractivity contribution in [2.75, 3.05) is 19.8 Å². The molecular weight excluding hydrogens is 180 g/mol. The van der Waals surface area contributed by atoms with Gasteiger partial charge in [0.1, 0.15) is 0 Å². The van der Waals surface area contributed by atoms with Crippen LogP contribution < -0.4 is 0 Å². The van der Waals surface area contributed by atoms with E-state index in [1.807, 2.05) is 6.92 Å². The fraction of sp³-hybridized carbons (Fsp3) is 0.818. The van der Waals surface area contributed by atoms with E-state index in [2.05, 4.69) is 0 Å². The van der Waals surface area contributed by atoms with Crippen molar-refractivity contribution in [3.8, 4) is 0 Å². The van der Waals surface area contributed by atoms with Crippen LogP contribution in [0.2, 0.25) is 0 Å². The van der Waals surface area contributed by atoms with Gasteiger partial charge in [0, 0.05) is 12.8 Å². The average molecular weight is 198 g/mol. The van der Waals surface area contributed by atoms with Gasteiger partial charge in [0.05, 0.1) is 19.8 Å². The van der Waals surface area contributed by atoms with Crippen LogP contribution >= 0.6 is 0 Å². The highest BCUT2D eigenvalue weighted by Gasteiger charge is 2.38. The molecule has 0 amide bonds. The van der Waals surface area contributed by atoms with Crippen molar-refractivity contribution in [3.63, 3.8) is 0 Å². The number of aliphatic hydroxyl groups is 1. The van der Waals surface area contributed by atoms with Crippen molar-refractivity contribution >= 4 is 0 Å². The summed E-state index contributed by atoms with van der Waals surface area (Å²) in [5, 5.41) is 9.02. The van der Waals surface area contributed by atoms with Gasteiger partial charge in [-0.3, -0.25) is 0 Å². The van der Waals surface area contributed by atoms with Gasteiger partial charge < -0.3 is 14.6 Å². The molecule has 1 spiro atoms. The van der Waals surface area contributed by atoms with E-state index in [-0.39, 0.29) is 12.4 Å². The van der Waals surface area contributed by atoms with Crippen LogP contribution in [0.3, 0.4) is 0 Å². The Bertz CT molecular complexity index is 227. The molecular formula is C11H18O3. The summed E-state index contributed by atoms with van der Waals surface area (Å²) in [5.41, 5.74) is 2.51. The Labute approximate surface area is 84.7 Å². The minimum atomic E-state index is -0.279. The minimum Gasteiger partial charge on any atom is -0.392 e. The number of allylic oxidation sites excluding steroid dienone is 1. The van der Waals surface area contributed by atoms with Crippen molar-refractivity contribution in [1.29, 1.82) is 0 Å². The molecule has 3 heteroatoms. The summed E-state index contributed by atoms with van der Waals surface area (Å²) in [4.78, 5) is 0. The van der Waals surface area contributed by atoms with Gasteiger partial charge in [0.25, 0.3) is 0 Å². The zero-order valence-corrected chi connectivity index (χ0v) is 8.71. The van der Waals surface area contributed by atoms with E-state index in [1.165, 1.54) is 5.57 Å². The third-order valence-corrected chi connectivity index (χ3v) is 3.27. The SMILES string of the molecule is CC(CO)=C1CCC2(CC1)OCCO2. The van der Waals surface area contributed by atoms with Crippen LogP contribution in [0.15, 0.2) is 11.1 Å². The predicted molar refractivity (Wildman–Crippen MR) is 52.9 cm³/mol. The van der Waals surface area contributed by atoms with Crippen molar-refractivity contribution in [3.05, 3.63) is 11.1 Å². The fourth-order valence-electron chi connectivity index (χ4n) is 2.26. The van der Waals surface area contributed by atoms with E-state index in [0.717, 1.165) is 44.5 Å². The quantitative estimate of drug-likeness (QED) is 0.651. The first-order chi connectivity index (χ1) is 6.76. The smallest absolute Gasteiger partial charge is 0.169 e. The second kappa shape index (κ2) is 4.01. The third-order valence-electron chi connectivity index (χ3n) is 3.27. The number of hydrogen-bond donors (Lipinski definition) is 1. The maximum atomic E-state index is 9.02. The predicted octanol–water partition coefficient (Wildman–Crippen LogP) is 1.61. The molecule has 0 aromatic heterocycles. The van der Waals surface area contributed by atoms with Crippen LogP contribution in [0.1, 0.15) is 32.6 Å². The first-order valence-corrected chi connectivity index (χ1v) is 5.32. The maximum absolute atomic E-state index is 9.02. The molecule has 1 saturated carbocycles. The summed E-state index contributed by atoms with van der Waals surface area (Å²) in [5.74, 6) is -0.279. The van der Waals surface area contributed by atoms with Gasteiger partial charge in [-0.25, -0.2) is 0 Å². The molecule has 1 aliphatic carbocycles. The Balaban J connectivity index is 1.98. The van der Waals surface area contributed by atoms with Crippen LogP contribution in [0.25, 0.3) is 0 Å². The molecule has 2 aliphatic rings. The lowest BCUT2D eigenvalue weighted by molar-refractivity contribution is -0.171. The summed E-state index contributed by atoms with van der Waals surface area (Å²) in [6, 6.07) is 0. The first-order valence-electron chi connectivity index (χ1n) is 5.32. The van der Waals surface area contributed by atoms with Gasteiger partial charge in [-0.1, -0.05) is 5.57 Å². The molecule has 0 atom stereocenters. The first kappa shape index (κ1) is 10.1. The zero-order valence-electron chi connectivity index (χ0n) is 8.71. The fourth-order valence-corrected chi connectivity index (χ4v) is 2.26. The van der Waals surface area contributed by atoms with Crippen LogP contribution in [0.5, 0.6) is 0 Å². The van der Waals surface area contributed by atoms with Gasteiger partial charge in [0.15, 0.2) is 5.79 Å². The number of aliphatic hydroxyl groups excluding tert-OH is 1. The second-order valence-electron chi connectivity index (χ2n) is 4.15. The molecule has 1 heterocycles. The number of hydrogen-bond acceptors (Lipinski definition) is 3. The van der Waals surface area contributed by atoms with E-state index < -0.39 is 0 Å². The number of ether oxygens (including phenoxy) is 2. The maximum Gasteiger partial charge on any atom is 0.169 e. The monoisotopic (exact) mass is 198 g/mol. The Kier molecular flexibility index (Phi) is 2.91. The van der Waals surface area contributed by atoms with E-state index in [1.54, 1.807) is 0 Å². The Morgan fingerprint density at radius 2 is 1.86 bits per heavy atom. The van der Waals surface area contributed by atoms with Crippen LogP contribution in [-0.4, -0.2) is 30.7 Å². The molecule has 3 nitrogen and oxygen atoms in total. The molecule has 0 bridgehead atoms. The van der Waals surface area contributed by atoms with E-state index in [0.29, 0.717) is 0 Å². The molecule has 2 rings (SSSR count). The molecule has 0 radical (unpaired) electrons. The lowest BCUT2D eigenvalue weighted by Gasteiger charge is -2.33. The molecule has 0 aromatic rings. The lowest BCUT2D eigenvalue weighted by atomic mass is 9.87. The summed E-state index contributed by atoms with van der Waals surface area (Å²) < 4.78 is 11.3. The van der Waals surface area contributed by atoms with Gasteiger partial charge in [0.2, 0.25) is 0 Å². The van der Waals surface area contributed by atoms with Gasteiger partial charge in [-0.2, -0.15) is 0 Å². The highest BCUT2D eigenvalue weighted by atomic mass is 16.7. The normalized spacial score (nSPS) is 25.7. The van der Waals surface area contributed by atoms with Gasteiger partial charge >= 0.3 is 0 Å². The number of rotatable bonds is 1. The zero-order chi connectivity index (χ0) is 10.0. The molecule has 14 heavy (non-hydrogen) atoms. The third kappa shape index (κ3) is 1.85. The van der Waals surface area contributed by atoms with Crippen molar-refractivity contribution in [2.45, 2.75) is 38.4 Å². The topological polar surface area (TPSA) is 38.7 Å². The Morgan fingerprint density at radius 3 is 2.36 bits per heavy atom. The molecule has 80 valence electrons. The Morgan fingerprint density at radius 1 is 1.29 bits per heavy atom. The molecule has 0 unspecified atom stereocenters. The highest BCUT2D eigenvalue weighted by Crippen LogP contribution is 2.38. The molecule has 0 aromatic carbocycles. The molecule has 1 N–H and O–H groups in total. The van der Waals surface area contributed by atoms with Crippen LogP contribution in [-0.2, 0) is 9.47 Å². The van der Waals surface area contributed by atoms with E-state index in [9.17, 15) is 0 Å². The van der Waals surface area contributed by atoms with Gasteiger partial charge in [-0.15, -0.1) is 0 Å². The van der Waals surface area contributed by atoms with Crippen molar-refractivity contribution in [2.24, 2.45) is 0 Å². The summed E-state index contributed by atoms with van der Waals surface area (Å²) in [6.07, 6.45) is 3.90. The molecule has 1 saturated heterocycles. The largest absolute Gasteiger partial charge is 0.392 e. The second-order valence-corrected chi connectivity index (χ2v) is 4.15. The highest BCUT2D eigenvalue weighted by molar-refractivity contribution is 5.15. The summed E-state index contributed by atoms with van der Waals surface area (Å²) in [7, 11) is 0.